The maximum absolute atomic E-state index is 12.6. The smallest absolute Gasteiger partial charge is 0.256 e. The van der Waals surface area contributed by atoms with Crippen LogP contribution < -0.4 is 10.6 Å². The van der Waals surface area contributed by atoms with Gasteiger partial charge in [-0.2, -0.15) is 0 Å². The van der Waals surface area contributed by atoms with E-state index in [1.807, 2.05) is 29.6 Å². The molecule has 3 aromatic heterocycles. The number of nitrogens with one attached hydrogen (secondary N) is 2. The van der Waals surface area contributed by atoms with Crippen molar-refractivity contribution in [3.63, 3.8) is 0 Å². The third-order valence-electron chi connectivity index (χ3n) is 5.76. The first-order valence-corrected chi connectivity index (χ1v) is 10.6. The highest BCUT2D eigenvalue weighted by Gasteiger charge is 2.28. The van der Waals surface area contributed by atoms with E-state index in [-0.39, 0.29) is 5.91 Å². The van der Waals surface area contributed by atoms with E-state index in [9.17, 15) is 4.79 Å². The molecule has 1 aliphatic rings. The van der Waals surface area contributed by atoms with Gasteiger partial charge in [0.2, 0.25) is 5.95 Å². The first-order valence-electron chi connectivity index (χ1n) is 10.6. The van der Waals surface area contributed by atoms with Gasteiger partial charge < -0.3 is 15.5 Å². The fourth-order valence-electron chi connectivity index (χ4n) is 4.15. The molecule has 1 aromatic carbocycles. The highest BCUT2D eigenvalue weighted by Crippen LogP contribution is 2.32. The number of amides is 1. The van der Waals surface area contributed by atoms with Gasteiger partial charge in [0, 0.05) is 36.8 Å². The Hall–Kier alpha value is -3.85. The van der Waals surface area contributed by atoms with Crippen LogP contribution in [0.1, 0.15) is 28.4 Å². The topological polar surface area (TPSA) is 100 Å². The number of aromatic nitrogens is 5. The summed E-state index contributed by atoms with van der Waals surface area (Å²) in [5.41, 5.74) is 3.23. The summed E-state index contributed by atoms with van der Waals surface area (Å²) in [4.78, 5) is 33.0. The van der Waals surface area contributed by atoms with Crippen molar-refractivity contribution in [2.24, 2.45) is 0 Å². The summed E-state index contributed by atoms with van der Waals surface area (Å²) in [6.07, 6.45) is 4.26. The predicted molar refractivity (Wildman–Crippen MR) is 123 cm³/mol. The zero-order valence-corrected chi connectivity index (χ0v) is 18.0. The van der Waals surface area contributed by atoms with Crippen LogP contribution in [0.25, 0.3) is 17.0 Å². The molecule has 4 heterocycles. The molecule has 4 aromatic rings. The lowest BCUT2D eigenvalue weighted by atomic mass is 10.1. The maximum Gasteiger partial charge on any atom is 0.256 e. The molecular formula is C23H24N8O. The van der Waals surface area contributed by atoms with Crippen molar-refractivity contribution in [2.45, 2.75) is 12.3 Å². The standard InChI is InChI=1S/C23H24N8O/c1-24-23-27-14-26-21-19(17-10-12-30(2)13-17)29-20(31(21)23)15-6-8-16(9-7-15)22(32)28-18-5-3-4-11-25-18/h3-9,11,14,17H,10,12-13H2,1-2H3,(H,24,26,27)(H,25,28,32). The molecule has 0 radical (unpaired) electrons. The SMILES string of the molecule is CNc1ncnc2c(C3CCN(C)C3)nc(-c3ccc(C(=O)Nc4ccccn4)cc3)n12. The van der Waals surface area contributed by atoms with Gasteiger partial charge in [0.1, 0.15) is 18.0 Å². The number of rotatable bonds is 5. The zero-order chi connectivity index (χ0) is 22.1. The minimum atomic E-state index is -0.211. The van der Waals surface area contributed by atoms with E-state index in [0.717, 1.165) is 42.2 Å². The molecule has 9 heteroatoms. The van der Waals surface area contributed by atoms with E-state index >= 15 is 0 Å². The van der Waals surface area contributed by atoms with Gasteiger partial charge in [-0.3, -0.25) is 4.79 Å². The van der Waals surface area contributed by atoms with Gasteiger partial charge in [-0.25, -0.2) is 24.3 Å². The average Bonchev–Trinajstić information content (AvgIpc) is 3.43. The average molecular weight is 429 g/mol. The molecule has 162 valence electrons. The largest absolute Gasteiger partial charge is 0.358 e. The summed E-state index contributed by atoms with van der Waals surface area (Å²) in [7, 11) is 3.96. The zero-order valence-electron chi connectivity index (χ0n) is 18.0. The molecule has 0 spiro atoms. The molecular weight excluding hydrogens is 404 g/mol. The van der Waals surface area contributed by atoms with Gasteiger partial charge >= 0.3 is 0 Å². The Kier molecular flexibility index (Phi) is 5.24. The number of fused-ring (bicyclic) bond motifs is 1. The molecule has 0 bridgehead atoms. The Morgan fingerprint density at radius 3 is 2.62 bits per heavy atom. The van der Waals surface area contributed by atoms with Crippen LogP contribution in [0.3, 0.4) is 0 Å². The van der Waals surface area contributed by atoms with Crippen molar-refractivity contribution < 1.29 is 4.79 Å². The molecule has 1 saturated heterocycles. The number of pyridine rings is 1. The quantitative estimate of drug-likeness (QED) is 0.504. The lowest BCUT2D eigenvalue weighted by Gasteiger charge is -2.08. The van der Waals surface area contributed by atoms with Crippen LogP contribution >= 0.6 is 0 Å². The number of likely N-dealkylation sites (N-methyl/N-ethyl adjacent to an activating group) is 1. The molecule has 0 saturated carbocycles. The number of likely N-dealkylation sites (tertiary alicyclic amines) is 1. The molecule has 0 aliphatic carbocycles. The Bertz CT molecular complexity index is 1250. The Balaban J connectivity index is 1.51. The summed E-state index contributed by atoms with van der Waals surface area (Å²) in [5.74, 6) is 2.06. The van der Waals surface area contributed by atoms with Gasteiger partial charge in [-0.05, 0) is 44.3 Å². The van der Waals surface area contributed by atoms with E-state index in [1.165, 1.54) is 0 Å². The highest BCUT2D eigenvalue weighted by molar-refractivity contribution is 6.03. The molecule has 9 nitrogen and oxygen atoms in total. The number of hydrogen-bond donors (Lipinski definition) is 2. The summed E-state index contributed by atoms with van der Waals surface area (Å²) in [6.45, 7) is 2.00. The monoisotopic (exact) mass is 428 g/mol. The van der Waals surface area contributed by atoms with Gasteiger partial charge in [0.05, 0.1) is 5.69 Å². The third kappa shape index (κ3) is 3.67. The third-order valence-corrected chi connectivity index (χ3v) is 5.76. The van der Waals surface area contributed by atoms with Crippen LogP contribution in [-0.2, 0) is 0 Å². The van der Waals surface area contributed by atoms with Crippen molar-refractivity contribution >= 4 is 23.3 Å². The van der Waals surface area contributed by atoms with Gasteiger partial charge in [-0.1, -0.05) is 18.2 Å². The first-order chi connectivity index (χ1) is 15.6. The minimum Gasteiger partial charge on any atom is -0.358 e. The van der Waals surface area contributed by atoms with Crippen LogP contribution in [0.5, 0.6) is 0 Å². The van der Waals surface area contributed by atoms with Crippen LogP contribution in [0.2, 0.25) is 0 Å². The molecule has 1 aliphatic heterocycles. The number of anilines is 2. The summed E-state index contributed by atoms with van der Waals surface area (Å²) in [5, 5.41) is 5.95. The molecule has 32 heavy (non-hydrogen) atoms. The number of nitrogens with zero attached hydrogens (tertiary/aromatic N) is 6. The van der Waals surface area contributed by atoms with E-state index in [1.54, 1.807) is 36.8 Å². The molecule has 5 rings (SSSR count). The van der Waals surface area contributed by atoms with Gasteiger partial charge in [-0.15, -0.1) is 0 Å². The molecule has 1 amide bonds. The molecule has 1 unspecified atom stereocenters. The van der Waals surface area contributed by atoms with Gasteiger partial charge in [0.25, 0.3) is 5.91 Å². The van der Waals surface area contributed by atoms with Gasteiger partial charge in [0.15, 0.2) is 5.65 Å². The highest BCUT2D eigenvalue weighted by atomic mass is 16.1. The number of carbonyl (C=O) groups is 1. The van der Waals surface area contributed by atoms with Crippen molar-refractivity contribution in [1.29, 1.82) is 0 Å². The second-order valence-corrected chi connectivity index (χ2v) is 7.92. The van der Waals surface area contributed by atoms with E-state index < -0.39 is 0 Å². The fourth-order valence-corrected chi connectivity index (χ4v) is 4.15. The number of hydrogen-bond acceptors (Lipinski definition) is 7. The normalized spacial score (nSPS) is 16.4. The van der Waals surface area contributed by atoms with Crippen LogP contribution in [0, 0.1) is 0 Å². The second kappa shape index (κ2) is 8.35. The number of benzene rings is 1. The van der Waals surface area contributed by atoms with E-state index in [2.05, 4.69) is 37.5 Å². The number of carbonyl (C=O) groups excluding carboxylic acids is 1. The number of imidazole rings is 1. The predicted octanol–water partition coefficient (Wildman–Crippen LogP) is 2.90. The first kappa shape index (κ1) is 20.1. The van der Waals surface area contributed by atoms with Crippen molar-refractivity contribution in [3.8, 4) is 11.4 Å². The maximum atomic E-state index is 12.6. The van der Waals surface area contributed by atoms with Crippen molar-refractivity contribution in [3.05, 3.63) is 66.2 Å². The van der Waals surface area contributed by atoms with Crippen LogP contribution in [-0.4, -0.2) is 62.3 Å². The van der Waals surface area contributed by atoms with E-state index in [4.69, 9.17) is 4.98 Å². The molecule has 1 fully saturated rings. The van der Waals surface area contributed by atoms with Crippen LogP contribution in [0.15, 0.2) is 55.0 Å². The Labute approximate surface area is 185 Å². The molecule has 2 N–H and O–H groups in total. The van der Waals surface area contributed by atoms with Crippen molar-refractivity contribution in [1.82, 2.24) is 29.2 Å². The van der Waals surface area contributed by atoms with Crippen LogP contribution in [0.4, 0.5) is 11.8 Å². The summed E-state index contributed by atoms with van der Waals surface area (Å²) >= 11 is 0. The second-order valence-electron chi connectivity index (χ2n) is 7.92. The summed E-state index contributed by atoms with van der Waals surface area (Å²) < 4.78 is 1.95. The summed E-state index contributed by atoms with van der Waals surface area (Å²) in [6, 6.07) is 12.8. The van der Waals surface area contributed by atoms with Crippen molar-refractivity contribution in [2.75, 3.05) is 37.8 Å². The Morgan fingerprint density at radius 2 is 1.94 bits per heavy atom. The van der Waals surface area contributed by atoms with E-state index in [0.29, 0.717) is 23.2 Å². The lowest BCUT2D eigenvalue weighted by Crippen LogP contribution is -2.13. The Morgan fingerprint density at radius 1 is 1.09 bits per heavy atom. The molecule has 1 atom stereocenters. The fraction of sp³-hybridized carbons (Fsp3) is 0.261. The lowest BCUT2D eigenvalue weighted by molar-refractivity contribution is 0.102. The minimum absolute atomic E-state index is 0.211.